The Bertz CT molecular complexity index is 1060. The lowest BCUT2D eigenvalue weighted by molar-refractivity contribution is 0.569. The van der Waals surface area contributed by atoms with Crippen molar-refractivity contribution in [2.75, 3.05) is 5.32 Å². The van der Waals surface area contributed by atoms with Crippen LogP contribution in [0.15, 0.2) is 45.6 Å². The Labute approximate surface area is 138 Å². The number of halogens is 1. The summed E-state index contributed by atoms with van der Waals surface area (Å²) in [5, 5.41) is 6.42. The average Bonchev–Trinajstić information content (AvgIpc) is 2.45. The maximum atomic E-state index is 12.6. The quantitative estimate of drug-likeness (QED) is 0.456. The lowest BCUT2D eigenvalue weighted by Gasteiger charge is -2.31. The van der Waals surface area contributed by atoms with Crippen LogP contribution >= 0.6 is 11.6 Å². The highest BCUT2D eigenvalue weighted by molar-refractivity contribution is 6.31. The van der Waals surface area contributed by atoms with E-state index in [1.807, 2.05) is 31.2 Å². The Morgan fingerprint density at radius 3 is 2.65 bits per heavy atom. The first kappa shape index (κ1) is 14.3. The molecule has 0 aliphatic carbocycles. The zero-order chi connectivity index (χ0) is 16.4. The maximum Gasteiger partial charge on any atom is 0.344 e. The molecule has 2 heterocycles. The van der Waals surface area contributed by atoms with E-state index >= 15 is 0 Å². The van der Waals surface area contributed by atoms with Crippen molar-refractivity contribution in [3.63, 3.8) is 0 Å². The van der Waals surface area contributed by atoms with E-state index in [1.54, 1.807) is 6.07 Å². The van der Waals surface area contributed by atoms with Crippen molar-refractivity contribution >= 4 is 44.6 Å². The summed E-state index contributed by atoms with van der Waals surface area (Å²) in [7, 11) is 0. The third-order valence-corrected chi connectivity index (χ3v) is 4.51. The molecule has 3 aromatic rings. The minimum Gasteiger partial charge on any atom is -0.422 e. The molecule has 0 atom stereocenters. The predicted octanol–water partition coefficient (Wildman–Crippen LogP) is 5.21. The molecule has 3 nitrogen and oxygen atoms in total. The fraction of sp³-hybridized carbons (Fsp3) is 0.211. The smallest absolute Gasteiger partial charge is 0.344 e. The van der Waals surface area contributed by atoms with E-state index in [0.29, 0.717) is 16.0 Å². The van der Waals surface area contributed by atoms with E-state index in [1.165, 1.54) is 0 Å². The van der Waals surface area contributed by atoms with E-state index in [2.05, 4.69) is 25.2 Å². The Balaban J connectivity index is 2.18. The normalized spacial score (nSPS) is 16.1. The molecule has 2 aromatic carbocycles. The summed E-state index contributed by atoms with van der Waals surface area (Å²) in [6, 6.07) is 9.40. The number of anilines is 1. The summed E-state index contributed by atoms with van der Waals surface area (Å²) in [5.41, 5.74) is 3.00. The minimum atomic E-state index is -0.333. The monoisotopic (exact) mass is 325 g/mol. The van der Waals surface area contributed by atoms with Gasteiger partial charge in [0.05, 0.1) is 10.9 Å². The molecule has 1 aliphatic rings. The second-order valence-electron chi connectivity index (χ2n) is 6.61. The predicted molar refractivity (Wildman–Crippen MR) is 96.4 cm³/mol. The molecule has 0 saturated heterocycles. The molecule has 1 aliphatic heterocycles. The summed E-state index contributed by atoms with van der Waals surface area (Å²) in [6.07, 6.45) is 2.14. The second-order valence-corrected chi connectivity index (χ2v) is 7.05. The third kappa shape index (κ3) is 2.15. The van der Waals surface area contributed by atoms with E-state index in [4.69, 9.17) is 16.0 Å². The first-order valence-electron chi connectivity index (χ1n) is 7.53. The summed E-state index contributed by atoms with van der Waals surface area (Å²) < 4.78 is 5.53. The van der Waals surface area contributed by atoms with Crippen LogP contribution in [-0.2, 0) is 0 Å². The third-order valence-electron chi connectivity index (χ3n) is 4.27. The van der Waals surface area contributed by atoms with Gasteiger partial charge in [0, 0.05) is 33.1 Å². The molecular weight excluding hydrogens is 310 g/mol. The number of hydrogen-bond donors (Lipinski definition) is 1. The topological polar surface area (TPSA) is 42.2 Å². The molecule has 1 N–H and O–H groups in total. The summed E-state index contributed by atoms with van der Waals surface area (Å²) in [5.74, 6) is 0. The van der Waals surface area contributed by atoms with Gasteiger partial charge >= 0.3 is 5.63 Å². The molecule has 1 aromatic heterocycles. The van der Waals surface area contributed by atoms with Crippen LogP contribution in [0, 0.1) is 0 Å². The zero-order valence-electron chi connectivity index (χ0n) is 13.2. The molecule has 0 fully saturated rings. The molecular formula is C19H16ClNO2. The molecule has 0 bridgehead atoms. The van der Waals surface area contributed by atoms with Crippen LogP contribution in [0.2, 0.25) is 5.02 Å². The molecule has 0 amide bonds. The van der Waals surface area contributed by atoms with Crippen LogP contribution in [0.1, 0.15) is 26.3 Å². The Morgan fingerprint density at radius 1 is 1.13 bits per heavy atom. The molecule has 4 rings (SSSR count). The summed E-state index contributed by atoms with van der Waals surface area (Å²) in [4.78, 5) is 12.6. The van der Waals surface area contributed by atoms with Gasteiger partial charge in [-0.3, -0.25) is 0 Å². The summed E-state index contributed by atoms with van der Waals surface area (Å²) >= 11 is 6.01. The van der Waals surface area contributed by atoms with Crippen LogP contribution < -0.4 is 10.9 Å². The van der Waals surface area contributed by atoms with Gasteiger partial charge in [-0.1, -0.05) is 23.7 Å². The van der Waals surface area contributed by atoms with Crippen LogP contribution in [-0.4, -0.2) is 5.54 Å². The van der Waals surface area contributed by atoms with Crippen molar-refractivity contribution < 1.29 is 4.42 Å². The van der Waals surface area contributed by atoms with Gasteiger partial charge in [0.15, 0.2) is 0 Å². The van der Waals surface area contributed by atoms with Crippen molar-refractivity contribution in [1.82, 2.24) is 0 Å². The Kier molecular flexibility index (Phi) is 2.88. The minimum absolute atomic E-state index is 0.144. The van der Waals surface area contributed by atoms with Gasteiger partial charge in [0.25, 0.3) is 0 Å². The number of rotatable bonds is 0. The number of allylic oxidation sites excluding steroid dienone is 1. The molecule has 0 spiro atoms. The molecule has 0 saturated carbocycles. The lowest BCUT2D eigenvalue weighted by Crippen LogP contribution is -2.31. The molecule has 0 unspecified atom stereocenters. The summed E-state index contributed by atoms with van der Waals surface area (Å²) in [6.45, 7) is 6.25. The van der Waals surface area contributed by atoms with Crippen LogP contribution in [0.5, 0.6) is 0 Å². The standard InChI is InChI=1S/C19H16ClNO2/c1-10-9-19(2,3)21-14-7-6-13-12-5-4-11(20)8-15(12)23-18(22)17(13)16(10)14/h4-9,21H,1-3H3. The van der Waals surface area contributed by atoms with E-state index in [9.17, 15) is 4.79 Å². The van der Waals surface area contributed by atoms with E-state index < -0.39 is 0 Å². The van der Waals surface area contributed by atoms with Crippen molar-refractivity contribution in [1.29, 1.82) is 0 Å². The maximum absolute atomic E-state index is 12.6. The van der Waals surface area contributed by atoms with Gasteiger partial charge in [-0.2, -0.15) is 0 Å². The zero-order valence-corrected chi connectivity index (χ0v) is 13.9. The number of benzene rings is 2. The van der Waals surface area contributed by atoms with Crippen molar-refractivity contribution in [3.05, 3.63) is 57.4 Å². The van der Waals surface area contributed by atoms with Crippen molar-refractivity contribution in [2.24, 2.45) is 0 Å². The van der Waals surface area contributed by atoms with Gasteiger partial charge < -0.3 is 9.73 Å². The van der Waals surface area contributed by atoms with Crippen LogP contribution in [0.4, 0.5) is 5.69 Å². The highest BCUT2D eigenvalue weighted by atomic mass is 35.5. The Morgan fingerprint density at radius 2 is 1.87 bits per heavy atom. The van der Waals surface area contributed by atoms with Gasteiger partial charge in [0.1, 0.15) is 5.58 Å². The highest BCUT2D eigenvalue weighted by Gasteiger charge is 2.25. The first-order valence-corrected chi connectivity index (χ1v) is 7.91. The lowest BCUT2D eigenvalue weighted by atomic mass is 9.88. The molecule has 23 heavy (non-hydrogen) atoms. The van der Waals surface area contributed by atoms with Crippen LogP contribution in [0.3, 0.4) is 0 Å². The van der Waals surface area contributed by atoms with Gasteiger partial charge in [-0.05, 0) is 44.5 Å². The van der Waals surface area contributed by atoms with Crippen molar-refractivity contribution in [3.8, 4) is 0 Å². The van der Waals surface area contributed by atoms with Crippen LogP contribution in [0.25, 0.3) is 27.3 Å². The second kappa shape index (κ2) is 4.62. The number of nitrogens with one attached hydrogen (secondary N) is 1. The fourth-order valence-electron chi connectivity index (χ4n) is 3.50. The molecule has 4 heteroatoms. The average molecular weight is 326 g/mol. The number of hydrogen-bond acceptors (Lipinski definition) is 3. The molecule has 0 radical (unpaired) electrons. The van der Waals surface area contributed by atoms with Crippen molar-refractivity contribution in [2.45, 2.75) is 26.3 Å². The van der Waals surface area contributed by atoms with E-state index in [-0.39, 0.29) is 11.2 Å². The largest absolute Gasteiger partial charge is 0.422 e. The Hall–Kier alpha value is -2.26. The first-order chi connectivity index (χ1) is 10.9. The molecule has 116 valence electrons. The fourth-order valence-corrected chi connectivity index (χ4v) is 3.67. The van der Waals surface area contributed by atoms with Gasteiger partial charge in [-0.15, -0.1) is 0 Å². The number of fused-ring (bicyclic) bond motifs is 5. The highest BCUT2D eigenvalue weighted by Crippen LogP contribution is 2.39. The van der Waals surface area contributed by atoms with E-state index in [0.717, 1.165) is 27.6 Å². The van der Waals surface area contributed by atoms with Gasteiger partial charge in [-0.25, -0.2) is 4.79 Å². The SMILES string of the molecule is CC1=CC(C)(C)Nc2ccc3c(c21)c(=O)oc1cc(Cl)ccc13. The van der Waals surface area contributed by atoms with Gasteiger partial charge in [0.2, 0.25) is 0 Å².